The van der Waals surface area contributed by atoms with Crippen LogP contribution in [0.3, 0.4) is 0 Å². The van der Waals surface area contributed by atoms with Crippen molar-refractivity contribution in [1.82, 2.24) is 24.8 Å². The van der Waals surface area contributed by atoms with Gasteiger partial charge in [0.25, 0.3) is 0 Å². The van der Waals surface area contributed by atoms with E-state index in [1.807, 2.05) is 6.07 Å². The number of imidazole rings is 1. The quantitative estimate of drug-likeness (QED) is 0.722. The number of fused-ring (bicyclic) bond motifs is 1. The molecule has 21 heavy (non-hydrogen) atoms. The van der Waals surface area contributed by atoms with Crippen molar-refractivity contribution in [3.05, 3.63) is 48.5 Å². The molecule has 2 aromatic heterocycles. The molecule has 0 radical (unpaired) electrons. The molecule has 0 saturated heterocycles. The van der Waals surface area contributed by atoms with Gasteiger partial charge in [0.15, 0.2) is 11.5 Å². The van der Waals surface area contributed by atoms with Crippen LogP contribution < -0.4 is 5.32 Å². The van der Waals surface area contributed by atoms with Crippen LogP contribution in [0, 0.1) is 0 Å². The molecule has 0 spiro atoms. The summed E-state index contributed by atoms with van der Waals surface area (Å²) in [4.78, 5) is 17.8. The Kier molecular flexibility index (Phi) is 4.07. The van der Waals surface area contributed by atoms with E-state index in [4.69, 9.17) is 0 Å². The Morgan fingerprint density at radius 2 is 2.00 bits per heavy atom. The van der Waals surface area contributed by atoms with Crippen molar-refractivity contribution in [1.29, 1.82) is 0 Å². The molecule has 2 heterocycles. The third-order valence-electron chi connectivity index (χ3n) is 3.30. The predicted molar refractivity (Wildman–Crippen MR) is 82.9 cm³/mol. The van der Waals surface area contributed by atoms with Crippen molar-refractivity contribution >= 4 is 17.0 Å². The van der Waals surface area contributed by atoms with Gasteiger partial charge in [-0.05, 0) is 12.6 Å². The lowest BCUT2D eigenvalue weighted by Gasteiger charge is -2.17. The Labute approximate surface area is 123 Å². The fraction of sp³-hybridized carbons (Fsp3) is 0.267. The SMILES string of the molecule is CN(CCNc1ncnc2nc[nH]c12)Cc1ccccc1. The molecule has 0 aliphatic heterocycles. The number of hydrogen-bond donors (Lipinski definition) is 2. The molecular formula is C15H18N6. The second-order valence-electron chi connectivity index (χ2n) is 4.97. The Balaban J connectivity index is 1.53. The lowest BCUT2D eigenvalue weighted by atomic mass is 10.2. The monoisotopic (exact) mass is 282 g/mol. The fourth-order valence-corrected chi connectivity index (χ4v) is 2.24. The zero-order valence-corrected chi connectivity index (χ0v) is 12.0. The third kappa shape index (κ3) is 3.35. The average Bonchev–Trinajstić information content (AvgIpc) is 2.97. The molecule has 0 saturated carbocycles. The van der Waals surface area contributed by atoms with Gasteiger partial charge in [-0.2, -0.15) is 0 Å². The van der Waals surface area contributed by atoms with E-state index in [2.05, 4.69) is 61.5 Å². The number of rotatable bonds is 6. The second-order valence-corrected chi connectivity index (χ2v) is 4.97. The molecule has 108 valence electrons. The van der Waals surface area contributed by atoms with E-state index in [0.717, 1.165) is 31.0 Å². The number of benzene rings is 1. The minimum Gasteiger partial charge on any atom is -0.367 e. The van der Waals surface area contributed by atoms with Crippen LogP contribution in [0.15, 0.2) is 43.0 Å². The predicted octanol–water partition coefficient (Wildman–Crippen LogP) is 1.90. The van der Waals surface area contributed by atoms with Gasteiger partial charge in [0.2, 0.25) is 0 Å². The minimum atomic E-state index is 0.685. The average molecular weight is 282 g/mol. The molecule has 0 fully saturated rings. The summed E-state index contributed by atoms with van der Waals surface area (Å²) in [6.45, 7) is 2.68. The molecule has 0 atom stereocenters. The second kappa shape index (κ2) is 6.32. The van der Waals surface area contributed by atoms with Gasteiger partial charge in [0.05, 0.1) is 6.33 Å². The van der Waals surface area contributed by atoms with Crippen molar-refractivity contribution < 1.29 is 0 Å². The molecule has 6 heteroatoms. The normalized spacial score (nSPS) is 11.1. The maximum atomic E-state index is 4.25. The van der Waals surface area contributed by atoms with Gasteiger partial charge < -0.3 is 15.2 Å². The molecular weight excluding hydrogens is 264 g/mol. The molecule has 3 rings (SSSR count). The highest BCUT2D eigenvalue weighted by molar-refractivity contribution is 5.81. The number of nitrogens with one attached hydrogen (secondary N) is 2. The third-order valence-corrected chi connectivity index (χ3v) is 3.30. The number of H-pyrrole nitrogens is 1. The summed E-state index contributed by atoms with van der Waals surface area (Å²) in [6.07, 6.45) is 3.16. The van der Waals surface area contributed by atoms with E-state index in [1.165, 1.54) is 11.9 Å². The molecule has 3 aromatic rings. The first kappa shape index (κ1) is 13.5. The number of hydrogen-bond acceptors (Lipinski definition) is 5. The van der Waals surface area contributed by atoms with Crippen molar-refractivity contribution in [2.45, 2.75) is 6.54 Å². The smallest absolute Gasteiger partial charge is 0.182 e. The van der Waals surface area contributed by atoms with Crippen LogP contribution in [0.5, 0.6) is 0 Å². The number of aromatic amines is 1. The summed E-state index contributed by atoms with van der Waals surface area (Å²) in [5.74, 6) is 0.797. The van der Waals surface area contributed by atoms with Gasteiger partial charge in [-0.25, -0.2) is 15.0 Å². The summed E-state index contributed by atoms with van der Waals surface area (Å²) in [7, 11) is 2.11. The topological polar surface area (TPSA) is 69.7 Å². The summed E-state index contributed by atoms with van der Waals surface area (Å²) in [5.41, 5.74) is 2.85. The van der Waals surface area contributed by atoms with Crippen LogP contribution in [0.1, 0.15) is 5.56 Å². The number of nitrogens with zero attached hydrogens (tertiary/aromatic N) is 4. The fourth-order valence-electron chi connectivity index (χ4n) is 2.24. The van der Waals surface area contributed by atoms with E-state index in [-0.39, 0.29) is 0 Å². The summed E-state index contributed by atoms with van der Waals surface area (Å²) in [6, 6.07) is 10.5. The van der Waals surface area contributed by atoms with Gasteiger partial charge in [-0.1, -0.05) is 30.3 Å². The van der Waals surface area contributed by atoms with Gasteiger partial charge in [0, 0.05) is 19.6 Å². The highest BCUT2D eigenvalue weighted by Crippen LogP contribution is 2.13. The highest BCUT2D eigenvalue weighted by Gasteiger charge is 2.05. The highest BCUT2D eigenvalue weighted by atomic mass is 15.1. The van der Waals surface area contributed by atoms with Crippen LogP contribution in [-0.2, 0) is 6.54 Å². The van der Waals surface area contributed by atoms with E-state index >= 15 is 0 Å². The molecule has 2 N–H and O–H groups in total. The van der Waals surface area contributed by atoms with E-state index in [0.29, 0.717) is 5.65 Å². The van der Waals surface area contributed by atoms with Gasteiger partial charge in [0.1, 0.15) is 11.8 Å². The van der Waals surface area contributed by atoms with Crippen molar-refractivity contribution in [2.24, 2.45) is 0 Å². The largest absolute Gasteiger partial charge is 0.367 e. The lowest BCUT2D eigenvalue weighted by Crippen LogP contribution is -2.25. The maximum absolute atomic E-state index is 4.25. The maximum Gasteiger partial charge on any atom is 0.182 e. The van der Waals surface area contributed by atoms with Crippen molar-refractivity contribution in [3.8, 4) is 0 Å². The Bertz CT molecular complexity index is 693. The minimum absolute atomic E-state index is 0.685. The summed E-state index contributed by atoms with van der Waals surface area (Å²) < 4.78 is 0. The molecule has 0 aliphatic carbocycles. The molecule has 0 aliphatic rings. The van der Waals surface area contributed by atoms with Crippen LogP contribution in [-0.4, -0.2) is 45.0 Å². The van der Waals surface area contributed by atoms with Crippen molar-refractivity contribution in [3.63, 3.8) is 0 Å². The van der Waals surface area contributed by atoms with Crippen LogP contribution in [0.2, 0.25) is 0 Å². The summed E-state index contributed by atoms with van der Waals surface area (Å²) >= 11 is 0. The summed E-state index contributed by atoms with van der Waals surface area (Å²) in [5, 5.41) is 3.33. The molecule has 0 bridgehead atoms. The van der Waals surface area contributed by atoms with E-state index in [9.17, 15) is 0 Å². The number of aromatic nitrogens is 4. The van der Waals surface area contributed by atoms with Crippen molar-refractivity contribution in [2.75, 3.05) is 25.5 Å². The van der Waals surface area contributed by atoms with Gasteiger partial charge in [-0.15, -0.1) is 0 Å². The first-order valence-corrected chi connectivity index (χ1v) is 6.93. The molecule has 1 aromatic carbocycles. The Morgan fingerprint density at radius 3 is 2.86 bits per heavy atom. The standard InChI is InChI=1S/C15H18N6/c1-21(9-12-5-3-2-4-6-12)8-7-16-14-13-15(18-10-17-13)20-11-19-14/h2-6,10-11H,7-9H2,1H3,(H2,16,17,18,19,20). The van der Waals surface area contributed by atoms with E-state index in [1.54, 1.807) is 6.33 Å². The van der Waals surface area contributed by atoms with Crippen LogP contribution >= 0.6 is 0 Å². The number of likely N-dealkylation sites (N-methyl/N-ethyl adjacent to an activating group) is 1. The van der Waals surface area contributed by atoms with Gasteiger partial charge >= 0.3 is 0 Å². The van der Waals surface area contributed by atoms with Crippen LogP contribution in [0.25, 0.3) is 11.2 Å². The van der Waals surface area contributed by atoms with E-state index < -0.39 is 0 Å². The Morgan fingerprint density at radius 1 is 1.14 bits per heavy atom. The van der Waals surface area contributed by atoms with Crippen LogP contribution in [0.4, 0.5) is 5.82 Å². The van der Waals surface area contributed by atoms with Gasteiger partial charge in [-0.3, -0.25) is 0 Å². The number of anilines is 1. The lowest BCUT2D eigenvalue weighted by molar-refractivity contribution is 0.340. The zero-order chi connectivity index (χ0) is 14.5. The first-order chi connectivity index (χ1) is 10.3. The zero-order valence-electron chi connectivity index (χ0n) is 12.0. The molecule has 6 nitrogen and oxygen atoms in total. The molecule has 0 amide bonds. The Hall–Kier alpha value is -2.47. The molecule has 0 unspecified atom stereocenters. The first-order valence-electron chi connectivity index (χ1n) is 6.93.